The fourth-order valence-corrected chi connectivity index (χ4v) is 3.95. The molecule has 3 rings (SSSR count). The fraction of sp³-hybridized carbons (Fsp3) is 0.438. The van der Waals surface area contributed by atoms with E-state index >= 15 is 0 Å². The number of aromatic nitrogens is 2. The van der Waals surface area contributed by atoms with E-state index in [2.05, 4.69) is 22.2 Å². The third kappa shape index (κ3) is 2.97. The Kier molecular flexibility index (Phi) is 4.38. The summed E-state index contributed by atoms with van der Waals surface area (Å²) in [5.41, 5.74) is 8.02. The molecule has 1 fully saturated rings. The highest BCUT2D eigenvalue weighted by Crippen LogP contribution is 2.32. The monoisotopic (exact) mass is 316 g/mol. The van der Waals surface area contributed by atoms with E-state index in [-0.39, 0.29) is 0 Å². The van der Waals surface area contributed by atoms with Crippen LogP contribution in [0.3, 0.4) is 0 Å². The molecule has 2 N–H and O–H groups in total. The summed E-state index contributed by atoms with van der Waals surface area (Å²) in [6.45, 7) is 3.94. The molecule has 2 aromatic heterocycles. The van der Waals surface area contributed by atoms with Crippen LogP contribution in [0, 0.1) is 0 Å². The minimum Gasteiger partial charge on any atom is -0.370 e. The van der Waals surface area contributed by atoms with Crippen LogP contribution in [0.4, 0.5) is 5.69 Å². The number of carbonyl (C=O) groups is 1. The smallest absolute Gasteiger partial charge is 0.252 e. The molecular formula is C16H20N4OS. The van der Waals surface area contributed by atoms with Crippen LogP contribution in [0.1, 0.15) is 46.7 Å². The van der Waals surface area contributed by atoms with E-state index < -0.39 is 5.91 Å². The average molecular weight is 316 g/mol. The highest BCUT2D eigenvalue weighted by molar-refractivity contribution is 7.09. The second-order valence-electron chi connectivity index (χ2n) is 5.57. The van der Waals surface area contributed by atoms with Gasteiger partial charge in [-0.3, -0.25) is 9.78 Å². The van der Waals surface area contributed by atoms with Crippen molar-refractivity contribution in [2.75, 3.05) is 18.0 Å². The molecule has 1 saturated heterocycles. The number of thiazole rings is 1. The number of nitrogens with zero attached hydrogens (tertiary/aromatic N) is 3. The number of amides is 1. The number of anilines is 1. The molecule has 0 bridgehead atoms. The van der Waals surface area contributed by atoms with E-state index in [4.69, 9.17) is 10.7 Å². The Morgan fingerprint density at radius 2 is 2.41 bits per heavy atom. The van der Waals surface area contributed by atoms with Gasteiger partial charge < -0.3 is 10.6 Å². The van der Waals surface area contributed by atoms with Crippen molar-refractivity contribution in [3.8, 4) is 0 Å². The molecule has 1 aliphatic heterocycles. The van der Waals surface area contributed by atoms with E-state index in [0.717, 1.165) is 38.0 Å². The minimum atomic E-state index is -0.423. The molecular weight excluding hydrogens is 296 g/mol. The summed E-state index contributed by atoms with van der Waals surface area (Å²) in [7, 11) is 0. The molecule has 3 heterocycles. The molecule has 0 aromatic carbocycles. The Labute approximate surface area is 134 Å². The number of pyridine rings is 1. The van der Waals surface area contributed by atoms with Gasteiger partial charge in [0.05, 0.1) is 22.0 Å². The quantitative estimate of drug-likeness (QED) is 0.941. The van der Waals surface area contributed by atoms with Crippen LogP contribution in [0.2, 0.25) is 0 Å². The van der Waals surface area contributed by atoms with Crippen molar-refractivity contribution in [1.82, 2.24) is 9.97 Å². The number of hydrogen-bond acceptors (Lipinski definition) is 5. The molecule has 1 atom stereocenters. The second kappa shape index (κ2) is 6.44. The van der Waals surface area contributed by atoms with Crippen molar-refractivity contribution < 1.29 is 4.79 Å². The fourth-order valence-electron chi connectivity index (χ4n) is 2.92. The zero-order valence-corrected chi connectivity index (χ0v) is 13.5. The Hall–Kier alpha value is -1.95. The average Bonchev–Trinajstić information content (AvgIpc) is 3.04. The van der Waals surface area contributed by atoms with E-state index in [1.165, 1.54) is 10.7 Å². The van der Waals surface area contributed by atoms with Crippen molar-refractivity contribution in [3.63, 3.8) is 0 Å². The highest BCUT2D eigenvalue weighted by Gasteiger charge is 2.25. The lowest BCUT2D eigenvalue weighted by molar-refractivity contribution is 0.100. The van der Waals surface area contributed by atoms with Gasteiger partial charge in [0, 0.05) is 36.8 Å². The normalized spacial score (nSPS) is 18.4. The van der Waals surface area contributed by atoms with Crippen LogP contribution in [-0.4, -0.2) is 29.0 Å². The molecule has 5 nitrogen and oxygen atoms in total. The zero-order chi connectivity index (χ0) is 15.5. The molecule has 6 heteroatoms. The molecule has 0 aliphatic carbocycles. The molecule has 2 aromatic rings. The molecule has 22 heavy (non-hydrogen) atoms. The van der Waals surface area contributed by atoms with Crippen molar-refractivity contribution in [2.45, 2.75) is 32.1 Å². The number of hydrogen-bond donors (Lipinski definition) is 1. The predicted octanol–water partition coefficient (Wildman–Crippen LogP) is 2.58. The van der Waals surface area contributed by atoms with Crippen molar-refractivity contribution >= 4 is 22.9 Å². The van der Waals surface area contributed by atoms with Gasteiger partial charge in [0.15, 0.2) is 0 Å². The van der Waals surface area contributed by atoms with Gasteiger partial charge in [-0.05, 0) is 25.3 Å². The lowest BCUT2D eigenvalue weighted by Crippen LogP contribution is -2.35. The SMILES string of the molecule is CCc1csc(C2CCCN(c3ccncc3C(N)=O)C2)n1. The maximum Gasteiger partial charge on any atom is 0.252 e. The summed E-state index contributed by atoms with van der Waals surface area (Å²) in [4.78, 5) is 22.6. The van der Waals surface area contributed by atoms with Gasteiger partial charge >= 0.3 is 0 Å². The largest absolute Gasteiger partial charge is 0.370 e. The third-order valence-electron chi connectivity index (χ3n) is 4.11. The van der Waals surface area contributed by atoms with E-state index in [1.54, 1.807) is 23.7 Å². The number of carbonyl (C=O) groups excluding carboxylic acids is 1. The maximum absolute atomic E-state index is 11.6. The van der Waals surface area contributed by atoms with Gasteiger partial charge in [-0.25, -0.2) is 4.98 Å². The first-order chi connectivity index (χ1) is 10.7. The molecule has 0 saturated carbocycles. The van der Waals surface area contributed by atoms with E-state index in [0.29, 0.717) is 11.5 Å². The van der Waals surface area contributed by atoms with Crippen LogP contribution in [0.5, 0.6) is 0 Å². The molecule has 1 aliphatic rings. The third-order valence-corrected chi connectivity index (χ3v) is 5.16. The van der Waals surface area contributed by atoms with Gasteiger partial charge in [0.2, 0.25) is 0 Å². The van der Waals surface area contributed by atoms with Crippen LogP contribution in [0.25, 0.3) is 0 Å². The van der Waals surface area contributed by atoms with Crippen molar-refractivity contribution in [2.24, 2.45) is 5.73 Å². The molecule has 1 unspecified atom stereocenters. The summed E-state index contributed by atoms with van der Waals surface area (Å²) < 4.78 is 0. The van der Waals surface area contributed by atoms with Gasteiger partial charge in [-0.1, -0.05) is 6.92 Å². The van der Waals surface area contributed by atoms with Gasteiger partial charge in [-0.15, -0.1) is 11.3 Å². The van der Waals surface area contributed by atoms with E-state index in [1.807, 2.05) is 6.07 Å². The molecule has 116 valence electrons. The molecule has 0 radical (unpaired) electrons. The first-order valence-corrected chi connectivity index (χ1v) is 8.50. The Morgan fingerprint density at radius 3 is 3.14 bits per heavy atom. The highest BCUT2D eigenvalue weighted by atomic mass is 32.1. The summed E-state index contributed by atoms with van der Waals surface area (Å²) in [6.07, 6.45) is 6.48. The van der Waals surface area contributed by atoms with Crippen LogP contribution in [-0.2, 0) is 6.42 Å². The van der Waals surface area contributed by atoms with Crippen LogP contribution >= 0.6 is 11.3 Å². The zero-order valence-electron chi connectivity index (χ0n) is 12.7. The number of nitrogens with two attached hydrogens (primary N) is 1. The first-order valence-electron chi connectivity index (χ1n) is 7.62. The number of piperidine rings is 1. The number of rotatable bonds is 4. The topological polar surface area (TPSA) is 72.1 Å². The van der Waals surface area contributed by atoms with Crippen LogP contribution in [0.15, 0.2) is 23.8 Å². The lowest BCUT2D eigenvalue weighted by atomic mass is 9.97. The van der Waals surface area contributed by atoms with Crippen molar-refractivity contribution in [1.29, 1.82) is 0 Å². The summed E-state index contributed by atoms with van der Waals surface area (Å²) in [5.74, 6) is 0.000633. The van der Waals surface area contributed by atoms with Crippen LogP contribution < -0.4 is 10.6 Å². The number of primary amides is 1. The Balaban J connectivity index is 1.83. The predicted molar refractivity (Wildman–Crippen MR) is 88.4 cm³/mol. The van der Waals surface area contributed by atoms with E-state index in [9.17, 15) is 4.79 Å². The molecule has 0 spiro atoms. The van der Waals surface area contributed by atoms with Crippen molar-refractivity contribution in [3.05, 3.63) is 40.1 Å². The van der Waals surface area contributed by atoms with Gasteiger partial charge in [0.25, 0.3) is 5.91 Å². The maximum atomic E-state index is 11.6. The minimum absolute atomic E-state index is 0.423. The number of aryl methyl sites for hydroxylation is 1. The Morgan fingerprint density at radius 1 is 1.55 bits per heavy atom. The second-order valence-corrected chi connectivity index (χ2v) is 6.46. The standard InChI is InChI=1S/C16H20N4OS/c1-2-12-10-22-16(19-12)11-4-3-7-20(9-11)14-5-6-18-8-13(14)15(17)21/h5-6,8,10-11H,2-4,7,9H2,1H3,(H2,17,21). The molecule has 1 amide bonds. The summed E-state index contributed by atoms with van der Waals surface area (Å²) in [5, 5.41) is 3.35. The summed E-state index contributed by atoms with van der Waals surface area (Å²) >= 11 is 1.75. The van der Waals surface area contributed by atoms with Gasteiger partial charge in [-0.2, -0.15) is 0 Å². The lowest BCUT2D eigenvalue weighted by Gasteiger charge is -2.34. The van der Waals surface area contributed by atoms with Gasteiger partial charge in [0.1, 0.15) is 0 Å². The first kappa shape index (κ1) is 15.0. The summed E-state index contributed by atoms with van der Waals surface area (Å²) in [6, 6.07) is 1.88. The Bertz CT molecular complexity index is 670.